The van der Waals surface area contributed by atoms with Gasteiger partial charge in [-0.25, -0.2) is 0 Å². The van der Waals surface area contributed by atoms with Crippen LogP contribution in [0, 0.1) is 6.92 Å². The predicted octanol–water partition coefficient (Wildman–Crippen LogP) is 3.80. The van der Waals surface area contributed by atoms with Gasteiger partial charge in [0.2, 0.25) is 0 Å². The zero-order valence-corrected chi connectivity index (χ0v) is 13.0. The first kappa shape index (κ1) is 14.9. The number of hydrogen-bond donors (Lipinski definition) is 0. The summed E-state index contributed by atoms with van der Waals surface area (Å²) in [6.07, 6.45) is 1.65. The number of benzene rings is 1. The highest BCUT2D eigenvalue weighted by molar-refractivity contribution is 7.09. The summed E-state index contributed by atoms with van der Waals surface area (Å²) in [5, 5.41) is 2.11. The molecule has 0 N–H and O–H groups in total. The van der Waals surface area contributed by atoms with E-state index in [1.54, 1.807) is 11.3 Å². The van der Waals surface area contributed by atoms with Gasteiger partial charge >= 0.3 is 0 Å². The molecule has 0 spiro atoms. The highest BCUT2D eigenvalue weighted by Crippen LogP contribution is 2.11. The van der Waals surface area contributed by atoms with Crippen LogP contribution >= 0.6 is 11.3 Å². The third-order valence-electron chi connectivity index (χ3n) is 3.49. The second-order valence-electron chi connectivity index (χ2n) is 5.12. The third kappa shape index (κ3) is 4.29. The number of thiophene rings is 1. The van der Waals surface area contributed by atoms with Crippen LogP contribution in [0.15, 0.2) is 41.8 Å². The van der Waals surface area contributed by atoms with Crippen molar-refractivity contribution in [3.8, 4) is 0 Å². The first-order valence-corrected chi connectivity index (χ1v) is 7.84. The van der Waals surface area contributed by atoms with Crippen LogP contribution in [-0.2, 0) is 6.42 Å². The van der Waals surface area contributed by atoms with E-state index in [9.17, 15) is 4.79 Å². The lowest BCUT2D eigenvalue weighted by molar-refractivity contribution is 0.0968. The summed E-state index contributed by atoms with van der Waals surface area (Å²) in [7, 11) is 2.08. The molecule has 0 fully saturated rings. The van der Waals surface area contributed by atoms with Crippen molar-refractivity contribution in [3.63, 3.8) is 0 Å². The minimum absolute atomic E-state index is 0.242. The molecule has 0 saturated carbocycles. The number of ketones is 1. The summed E-state index contributed by atoms with van der Waals surface area (Å²) < 4.78 is 0. The van der Waals surface area contributed by atoms with Crippen molar-refractivity contribution in [1.82, 2.24) is 4.90 Å². The zero-order chi connectivity index (χ0) is 14.4. The van der Waals surface area contributed by atoms with Crippen LogP contribution in [0.25, 0.3) is 0 Å². The summed E-state index contributed by atoms with van der Waals surface area (Å²) in [6, 6.07) is 12.1. The molecule has 0 saturated heterocycles. The summed E-state index contributed by atoms with van der Waals surface area (Å²) >= 11 is 1.79. The van der Waals surface area contributed by atoms with E-state index in [0.717, 1.165) is 30.6 Å². The van der Waals surface area contributed by atoms with Crippen LogP contribution in [0.5, 0.6) is 0 Å². The van der Waals surface area contributed by atoms with E-state index in [4.69, 9.17) is 0 Å². The normalized spacial score (nSPS) is 10.9. The van der Waals surface area contributed by atoms with Crippen molar-refractivity contribution >= 4 is 17.1 Å². The number of hydrogen-bond acceptors (Lipinski definition) is 3. The first-order valence-electron chi connectivity index (χ1n) is 6.96. The highest BCUT2D eigenvalue weighted by Gasteiger charge is 2.09. The minimum atomic E-state index is 0.242. The van der Waals surface area contributed by atoms with E-state index in [2.05, 4.69) is 29.5 Å². The van der Waals surface area contributed by atoms with E-state index in [1.807, 2.05) is 31.2 Å². The number of rotatable bonds is 7. The number of likely N-dealkylation sites (N-methyl/N-ethyl adjacent to an activating group) is 1. The average molecular weight is 287 g/mol. The number of nitrogens with zero attached hydrogens (tertiary/aromatic N) is 1. The fraction of sp³-hybridized carbons (Fsp3) is 0.353. The number of carbonyl (C=O) groups excluding carboxylic acids is 1. The van der Waals surface area contributed by atoms with Gasteiger partial charge in [-0.2, -0.15) is 0 Å². The lowest BCUT2D eigenvalue weighted by Crippen LogP contribution is -2.24. The van der Waals surface area contributed by atoms with Crippen molar-refractivity contribution in [2.45, 2.75) is 19.8 Å². The molecule has 0 radical (unpaired) electrons. The molecule has 0 aliphatic rings. The summed E-state index contributed by atoms with van der Waals surface area (Å²) in [4.78, 5) is 15.8. The topological polar surface area (TPSA) is 20.3 Å². The second-order valence-corrected chi connectivity index (χ2v) is 6.15. The van der Waals surface area contributed by atoms with Gasteiger partial charge in [0.05, 0.1) is 0 Å². The summed E-state index contributed by atoms with van der Waals surface area (Å²) in [5.41, 5.74) is 1.93. The highest BCUT2D eigenvalue weighted by atomic mass is 32.1. The Bertz CT molecular complexity index is 548. The van der Waals surface area contributed by atoms with Gasteiger partial charge in [-0.15, -0.1) is 11.3 Å². The Balaban J connectivity index is 1.77. The van der Waals surface area contributed by atoms with Gasteiger partial charge in [0.15, 0.2) is 5.78 Å². The molecule has 1 aromatic heterocycles. The molecule has 3 heteroatoms. The maximum Gasteiger partial charge on any atom is 0.164 e. The summed E-state index contributed by atoms with van der Waals surface area (Å²) in [5.74, 6) is 0.242. The number of carbonyl (C=O) groups is 1. The Kier molecular flexibility index (Phi) is 5.50. The first-order chi connectivity index (χ1) is 9.66. The van der Waals surface area contributed by atoms with Gasteiger partial charge in [-0.1, -0.05) is 30.3 Å². The Morgan fingerprint density at radius 2 is 1.95 bits per heavy atom. The van der Waals surface area contributed by atoms with Gasteiger partial charge in [0.1, 0.15) is 0 Å². The van der Waals surface area contributed by atoms with Crippen LogP contribution in [-0.4, -0.2) is 30.8 Å². The maximum atomic E-state index is 12.2. The lowest BCUT2D eigenvalue weighted by atomic mass is 10.0. The average Bonchev–Trinajstić information content (AvgIpc) is 2.96. The van der Waals surface area contributed by atoms with Crippen molar-refractivity contribution in [2.24, 2.45) is 0 Å². The summed E-state index contributed by atoms with van der Waals surface area (Å²) in [6.45, 7) is 3.81. The van der Waals surface area contributed by atoms with E-state index in [1.165, 1.54) is 4.88 Å². The molecule has 0 unspecified atom stereocenters. The van der Waals surface area contributed by atoms with E-state index in [0.29, 0.717) is 6.42 Å². The smallest absolute Gasteiger partial charge is 0.164 e. The van der Waals surface area contributed by atoms with Gasteiger partial charge in [0.25, 0.3) is 0 Å². The van der Waals surface area contributed by atoms with Crippen LogP contribution < -0.4 is 0 Å². The fourth-order valence-electron chi connectivity index (χ4n) is 2.18. The molecule has 1 aromatic carbocycles. The molecule has 20 heavy (non-hydrogen) atoms. The zero-order valence-electron chi connectivity index (χ0n) is 12.1. The van der Waals surface area contributed by atoms with Gasteiger partial charge in [-0.05, 0) is 37.4 Å². The van der Waals surface area contributed by atoms with Crippen LogP contribution in [0.4, 0.5) is 0 Å². The molecule has 1 heterocycles. The van der Waals surface area contributed by atoms with E-state index >= 15 is 0 Å². The monoisotopic (exact) mass is 287 g/mol. The van der Waals surface area contributed by atoms with Crippen molar-refractivity contribution < 1.29 is 4.79 Å². The molecule has 106 valence electrons. The van der Waals surface area contributed by atoms with Gasteiger partial charge in [-0.3, -0.25) is 4.79 Å². The molecular formula is C17H21NOS. The van der Waals surface area contributed by atoms with E-state index in [-0.39, 0.29) is 5.78 Å². The molecule has 0 bridgehead atoms. The van der Waals surface area contributed by atoms with Crippen molar-refractivity contribution in [3.05, 3.63) is 57.8 Å². The minimum Gasteiger partial charge on any atom is -0.306 e. The molecule has 0 atom stereocenters. The largest absolute Gasteiger partial charge is 0.306 e. The quantitative estimate of drug-likeness (QED) is 0.722. The Morgan fingerprint density at radius 1 is 1.15 bits per heavy atom. The number of Topliss-reactive ketones (excluding diaryl/α,β-unsaturated/α-hetero) is 1. The van der Waals surface area contributed by atoms with Gasteiger partial charge in [0, 0.05) is 30.0 Å². The molecule has 0 aliphatic carbocycles. The van der Waals surface area contributed by atoms with E-state index < -0.39 is 0 Å². The van der Waals surface area contributed by atoms with Crippen molar-refractivity contribution in [1.29, 1.82) is 0 Å². The lowest BCUT2D eigenvalue weighted by Gasteiger charge is -2.15. The predicted molar refractivity (Wildman–Crippen MR) is 85.6 cm³/mol. The second kappa shape index (κ2) is 7.36. The molecule has 2 aromatic rings. The van der Waals surface area contributed by atoms with Gasteiger partial charge < -0.3 is 4.90 Å². The molecule has 0 aliphatic heterocycles. The number of aryl methyl sites for hydroxylation is 1. The molecule has 0 amide bonds. The maximum absolute atomic E-state index is 12.2. The molecular weight excluding hydrogens is 266 g/mol. The SMILES string of the molecule is Cc1ccccc1C(=O)CCN(C)CCc1cccs1. The van der Waals surface area contributed by atoms with Crippen LogP contribution in [0.1, 0.15) is 27.2 Å². The van der Waals surface area contributed by atoms with Crippen molar-refractivity contribution in [2.75, 3.05) is 20.1 Å². The Morgan fingerprint density at radius 3 is 2.65 bits per heavy atom. The standard InChI is InChI=1S/C17H21NOS/c1-14-6-3-4-8-16(14)17(19)10-12-18(2)11-9-15-7-5-13-20-15/h3-8,13H,9-12H2,1-2H3. The van der Waals surface area contributed by atoms with Crippen LogP contribution in [0.2, 0.25) is 0 Å². The third-order valence-corrected chi connectivity index (χ3v) is 4.42. The molecule has 2 nitrogen and oxygen atoms in total. The molecule has 2 rings (SSSR count). The Hall–Kier alpha value is -1.45. The van der Waals surface area contributed by atoms with Crippen LogP contribution in [0.3, 0.4) is 0 Å². The Labute approximate surface area is 125 Å². The fourth-order valence-corrected chi connectivity index (χ4v) is 2.88.